The minimum absolute atomic E-state index is 0.234. The van der Waals surface area contributed by atoms with Crippen molar-refractivity contribution in [2.24, 2.45) is 0 Å². The Morgan fingerprint density at radius 2 is 2.14 bits per heavy atom. The first kappa shape index (κ1) is 15.5. The van der Waals surface area contributed by atoms with Crippen molar-refractivity contribution in [2.45, 2.75) is 6.92 Å². The van der Waals surface area contributed by atoms with Gasteiger partial charge >= 0.3 is 0 Å². The molecule has 0 radical (unpaired) electrons. The summed E-state index contributed by atoms with van der Waals surface area (Å²) in [5, 5.41) is 8.40. The second kappa shape index (κ2) is 7.21. The summed E-state index contributed by atoms with van der Waals surface area (Å²) in [6.07, 6.45) is 0. The van der Waals surface area contributed by atoms with E-state index in [0.717, 1.165) is 6.07 Å². The molecule has 0 bridgehead atoms. The van der Waals surface area contributed by atoms with Crippen molar-refractivity contribution in [3.8, 4) is 5.75 Å². The average Bonchev–Trinajstić information content (AvgIpc) is 2.88. The molecule has 0 aliphatic rings. The van der Waals surface area contributed by atoms with E-state index in [9.17, 15) is 14.0 Å². The summed E-state index contributed by atoms with van der Waals surface area (Å²) >= 11 is 0. The van der Waals surface area contributed by atoms with Crippen LogP contribution < -0.4 is 15.4 Å². The monoisotopic (exact) mass is 307 g/mol. The van der Waals surface area contributed by atoms with Crippen molar-refractivity contribution < 1.29 is 23.2 Å². The summed E-state index contributed by atoms with van der Waals surface area (Å²) in [5.74, 6) is -0.350. The molecule has 0 unspecified atom stereocenters. The van der Waals surface area contributed by atoms with Crippen molar-refractivity contribution in [1.29, 1.82) is 0 Å². The van der Waals surface area contributed by atoms with Crippen molar-refractivity contribution in [2.75, 3.05) is 18.5 Å². The second-order valence-electron chi connectivity index (χ2n) is 4.39. The zero-order valence-corrected chi connectivity index (χ0v) is 11.8. The number of rotatable bonds is 6. The standard InChI is InChI=1S/C14H14FN3O4/c1-9-5-12(18-22-9)17-13(19)7-16-14(20)8-21-11-4-2-3-10(15)6-11/h2-6H,7-8H2,1H3,(H,16,20)(H,17,18,19). The molecule has 0 atom stereocenters. The van der Waals surface area contributed by atoms with Gasteiger partial charge < -0.3 is 19.9 Å². The highest BCUT2D eigenvalue weighted by molar-refractivity contribution is 5.93. The van der Waals surface area contributed by atoms with Gasteiger partial charge in [0.15, 0.2) is 12.4 Å². The number of nitrogens with zero attached hydrogens (tertiary/aromatic N) is 1. The maximum absolute atomic E-state index is 12.9. The molecular formula is C14H14FN3O4. The predicted molar refractivity (Wildman–Crippen MR) is 74.8 cm³/mol. The molecule has 0 aliphatic heterocycles. The lowest BCUT2D eigenvalue weighted by Gasteiger charge is -2.07. The summed E-state index contributed by atoms with van der Waals surface area (Å²) in [5.41, 5.74) is 0. The molecular weight excluding hydrogens is 293 g/mol. The number of benzene rings is 1. The highest BCUT2D eigenvalue weighted by atomic mass is 19.1. The van der Waals surface area contributed by atoms with E-state index in [0.29, 0.717) is 5.76 Å². The first-order chi connectivity index (χ1) is 10.5. The summed E-state index contributed by atoms with van der Waals surface area (Å²) < 4.78 is 22.8. The average molecular weight is 307 g/mol. The number of halogens is 1. The molecule has 2 N–H and O–H groups in total. The van der Waals surface area contributed by atoms with Crippen molar-refractivity contribution in [1.82, 2.24) is 10.5 Å². The normalized spacial score (nSPS) is 10.1. The molecule has 1 aromatic carbocycles. The van der Waals surface area contributed by atoms with Crippen molar-refractivity contribution in [3.05, 3.63) is 41.9 Å². The van der Waals surface area contributed by atoms with Crippen LogP contribution in [-0.4, -0.2) is 30.1 Å². The third-order valence-corrected chi connectivity index (χ3v) is 2.51. The van der Waals surface area contributed by atoms with Crippen LogP contribution in [0.3, 0.4) is 0 Å². The van der Waals surface area contributed by atoms with Crippen LogP contribution in [0.1, 0.15) is 5.76 Å². The van der Waals surface area contributed by atoms with Gasteiger partial charge in [0.25, 0.3) is 5.91 Å². The number of hydrogen-bond donors (Lipinski definition) is 2. The van der Waals surface area contributed by atoms with E-state index >= 15 is 0 Å². The molecule has 0 spiro atoms. The number of carbonyl (C=O) groups excluding carboxylic acids is 2. The molecule has 116 valence electrons. The molecule has 0 saturated heterocycles. The molecule has 2 aromatic rings. The Balaban J connectivity index is 1.70. The van der Waals surface area contributed by atoms with Gasteiger partial charge in [0.2, 0.25) is 5.91 Å². The van der Waals surface area contributed by atoms with Crippen molar-refractivity contribution in [3.63, 3.8) is 0 Å². The van der Waals surface area contributed by atoms with E-state index in [1.807, 2.05) is 0 Å². The van der Waals surface area contributed by atoms with Crippen LogP contribution in [0.5, 0.6) is 5.75 Å². The predicted octanol–water partition coefficient (Wildman–Crippen LogP) is 1.26. The maximum Gasteiger partial charge on any atom is 0.258 e. The Hall–Kier alpha value is -2.90. The van der Waals surface area contributed by atoms with Crippen molar-refractivity contribution >= 4 is 17.6 Å². The number of hydrogen-bond acceptors (Lipinski definition) is 5. The molecule has 1 heterocycles. The fourth-order valence-corrected chi connectivity index (χ4v) is 1.55. The largest absolute Gasteiger partial charge is 0.484 e. The van der Waals surface area contributed by atoms with Gasteiger partial charge in [-0.2, -0.15) is 0 Å². The number of anilines is 1. The lowest BCUT2D eigenvalue weighted by Crippen LogP contribution is -2.35. The fraction of sp³-hybridized carbons (Fsp3) is 0.214. The second-order valence-corrected chi connectivity index (χ2v) is 4.39. The molecule has 8 heteroatoms. The van der Waals surface area contributed by atoms with Gasteiger partial charge in [-0.25, -0.2) is 4.39 Å². The lowest BCUT2D eigenvalue weighted by atomic mass is 10.3. The molecule has 7 nitrogen and oxygen atoms in total. The topological polar surface area (TPSA) is 93.5 Å². The van der Waals surface area contributed by atoms with E-state index in [2.05, 4.69) is 15.8 Å². The van der Waals surface area contributed by atoms with E-state index in [1.54, 1.807) is 13.0 Å². The highest BCUT2D eigenvalue weighted by Gasteiger charge is 2.09. The number of carbonyl (C=O) groups is 2. The van der Waals surface area contributed by atoms with E-state index in [1.165, 1.54) is 18.2 Å². The van der Waals surface area contributed by atoms with Gasteiger partial charge in [-0.15, -0.1) is 0 Å². The summed E-state index contributed by atoms with van der Waals surface area (Å²) in [6.45, 7) is 1.13. The number of ether oxygens (including phenoxy) is 1. The van der Waals surface area contributed by atoms with E-state index in [4.69, 9.17) is 9.26 Å². The highest BCUT2D eigenvalue weighted by Crippen LogP contribution is 2.11. The Bertz CT molecular complexity index is 672. The van der Waals surface area contributed by atoms with Gasteiger partial charge in [0.05, 0.1) is 6.54 Å². The first-order valence-electron chi connectivity index (χ1n) is 6.41. The molecule has 0 fully saturated rings. The summed E-state index contributed by atoms with van der Waals surface area (Å²) in [4.78, 5) is 23.1. The third-order valence-electron chi connectivity index (χ3n) is 2.51. The number of amides is 2. The fourth-order valence-electron chi connectivity index (χ4n) is 1.55. The van der Waals surface area contributed by atoms with Crippen LogP contribution in [0.2, 0.25) is 0 Å². The first-order valence-corrected chi connectivity index (χ1v) is 6.41. The Kier molecular flexibility index (Phi) is 5.07. The quantitative estimate of drug-likeness (QED) is 0.838. The zero-order chi connectivity index (χ0) is 15.9. The SMILES string of the molecule is Cc1cc(NC(=O)CNC(=O)COc2cccc(F)c2)no1. The smallest absolute Gasteiger partial charge is 0.258 e. The van der Waals surface area contributed by atoms with Crippen LogP contribution in [0.15, 0.2) is 34.9 Å². The van der Waals surface area contributed by atoms with Crippen LogP contribution in [0, 0.1) is 12.7 Å². The van der Waals surface area contributed by atoms with E-state index < -0.39 is 17.6 Å². The Morgan fingerprint density at radius 3 is 2.82 bits per heavy atom. The van der Waals surface area contributed by atoms with Gasteiger partial charge in [-0.1, -0.05) is 11.2 Å². The van der Waals surface area contributed by atoms with Gasteiger partial charge in [-0.05, 0) is 19.1 Å². The Labute approximate surface area is 125 Å². The minimum atomic E-state index is -0.504. The maximum atomic E-state index is 12.9. The lowest BCUT2D eigenvalue weighted by molar-refractivity contribution is -0.125. The number of aryl methyl sites for hydroxylation is 1. The Morgan fingerprint density at radius 1 is 1.32 bits per heavy atom. The summed E-state index contributed by atoms with van der Waals surface area (Å²) in [6, 6.07) is 6.97. The van der Waals surface area contributed by atoms with Crippen LogP contribution in [-0.2, 0) is 9.59 Å². The molecule has 0 aliphatic carbocycles. The van der Waals surface area contributed by atoms with Crippen LogP contribution in [0.25, 0.3) is 0 Å². The van der Waals surface area contributed by atoms with Gasteiger partial charge in [0.1, 0.15) is 17.3 Å². The number of nitrogens with one attached hydrogen (secondary N) is 2. The molecule has 1 aromatic heterocycles. The van der Waals surface area contributed by atoms with Gasteiger partial charge in [-0.3, -0.25) is 9.59 Å². The molecule has 0 saturated carbocycles. The van der Waals surface area contributed by atoms with Gasteiger partial charge in [0, 0.05) is 12.1 Å². The van der Waals surface area contributed by atoms with E-state index in [-0.39, 0.29) is 24.7 Å². The molecule has 2 rings (SSSR count). The van der Waals surface area contributed by atoms with Crippen LogP contribution >= 0.6 is 0 Å². The van der Waals surface area contributed by atoms with Crippen LogP contribution in [0.4, 0.5) is 10.2 Å². The zero-order valence-electron chi connectivity index (χ0n) is 11.8. The third kappa shape index (κ3) is 4.89. The number of aromatic nitrogens is 1. The molecule has 2 amide bonds. The molecule has 22 heavy (non-hydrogen) atoms. The minimum Gasteiger partial charge on any atom is -0.484 e. The summed E-state index contributed by atoms with van der Waals surface area (Å²) in [7, 11) is 0.